The Morgan fingerprint density at radius 1 is 1.56 bits per heavy atom. The van der Waals surface area contributed by atoms with Crippen molar-refractivity contribution in [2.24, 2.45) is 0 Å². The lowest BCUT2D eigenvalue weighted by Crippen LogP contribution is -2.19. The van der Waals surface area contributed by atoms with E-state index in [9.17, 15) is 9.18 Å². The number of H-pyrrole nitrogens is 1. The second kappa shape index (κ2) is 4.89. The van der Waals surface area contributed by atoms with E-state index in [0.717, 1.165) is 5.52 Å². The first-order valence-electron chi connectivity index (χ1n) is 5.62. The highest BCUT2D eigenvalue weighted by Gasteiger charge is 2.09. The van der Waals surface area contributed by atoms with Crippen LogP contribution in [0.25, 0.3) is 11.0 Å². The van der Waals surface area contributed by atoms with E-state index in [1.54, 1.807) is 20.0 Å². The number of nitrogens with zero attached hydrogens (tertiary/aromatic N) is 1. The highest BCUT2D eigenvalue weighted by molar-refractivity contribution is 7.71. The number of hydrogen-bond acceptors (Lipinski definition) is 2. The van der Waals surface area contributed by atoms with Crippen LogP contribution in [0.2, 0.25) is 0 Å². The second-order valence-corrected chi connectivity index (χ2v) is 4.51. The molecule has 96 valence electrons. The lowest BCUT2D eigenvalue weighted by molar-refractivity contribution is -0.120. The van der Waals surface area contributed by atoms with Crippen LogP contribution in [0.4, 0.5) is 4.39 Å². The summed E-state index contributed by atoms with van der Waals surface area (Å²) in [7, 11) is 1.59. The maximum atomic E-state index is 13.4. The molecule has 0 aliphatic heterocycles. The molecular weight excluding hydrogens is 253 g/mol. The molecule has 2 rings (SSSR count). The Kier molecular flexibility index (Phi) is 3.47. The maximum Gasteiger partial charge on any atom is 0.221 e. The molecule has 0 bridgehead atoms. The summed E-state index contributed by atoms with van der Waals surface area (Å²) in [4.78, 5) is 14.2. The van der Waals surface area contributed by atoms with Gasteiger partial charge in [-0.05, 0) is 36.8 Å². The highest BCUT2D eigenvalue weighted by Crippen LogP contribution is 2.19. The summed E-state index contributed by atoms with van der Waals surface area (Å²) in [5, 5.41) is 2.56. The first kappa shape index (κ1) is 12.8. The summed E-state index contributed by atoms with van der Waals surface area (Å²) in [6, 6.07) is 3.16. The van der Waals surface area contributed by atoms with E-state index in [1.807, 2.05) is 4.57 Å². The van der Waals surface area contributed by atoms with E-state index >= 15 is 0 Å². The first-order chi connectivity index (χ1) is 8.52. The Morgan fingerprint density at radius 2 is 2.28 bits per heavy atom. The molecule has 2 aromatic rings. The molecule has 0 atom stereocenters. The summed E-state index contributed by atoms with van der Waals surface area (Å²) in [5.41, 5.74) is 2.04. The number of rotatable bonds is 3. The molecule has 0 aliphatic carbocycles. The minimum Gasteiger partial charge on any atom is -0.359 e. The Bertz CT molecular complexity index is 659. The van der Waals surface area contributed by atoms with E-state index in [2.05, 4.69) is 10.3 Å². The normalized spacial score (nSPS) is 10.8. The van der Waals surface area contributed by atoms with Crippen molar-refractivity contribution in [1.29, 1.82) is 0 Å². The Balaban J connectivity index is 2.44. The van der Waals surface area contributed by atoms with Gasteiger partial charge in [-0.2, -0.15) is 0 Å². The maximum absolute atomic E-state index is 13.4. The van der Waals surface area contributed by atoms with Gasteiger partial charge in [-0.15, -0.1) is 0 Å². The van der Waals surface area contributed by atoms with E-state index in [1.165, 1.54) is 6.07 Å². The SMILES string of the molecule is CNC(=O)CCn1c(=S)[nH]c2cc(F)c(C)cc21. The second-order valence-electron chi connectivity index (χ2n) is 4.12. The molecule has 1 aromatic carbocycles. The zero-order valence-electron chi connectivity index (χ0n) is 10.2. The van der Waals surface area contributed by atoms with Crippen LogP contribution >= 0.6 is 12.2 Å². The largest absolute Gasteiger partial charge is 0.359 e. The summed E-state index contributed by atoms with van der Waals surface area (Å²) in [6.45, 7) is 2.18. The molecule has 4 nitrogen and oxygen atoms in total. The molecular formula is C12H14FN3OS. The number of aromatic amines is 1. The average Bonchev–Trinajstić information content (AvgIpc) is 2.62. The van der Waals surface area contributed by atoms with Gasteiger partial charge < -0.3 is 14.9 Å². The van der Waals surface area contributed by atoms with E-state index in [4.69, 9.17) is 12.2 Å². The van der Waals surface area contributed by atoms with Crippen LogP contribution in [0.1, 0.15) is 12.0 Å². The third-order valence-corrected chi connectivity index (χ3v) is 3.22. The number of fused-ring (bicyclic) bond motifs is 1. The van der Waals surface area contributed by atoms with Gasteiger partial charge in [-0.3, -0.25) is 4.79 Å². The third-order valence-electron chi connectivity index (χ3n) is 2.90. The predicted molar refractivity (Wildman–Crippen MR) is 70.5 cm³/mol. The molecule has 1 heterocycles. The molecule has 1 aromatic heterocycles. The van der Waals surface area contributed by atoms with Crippen LogP contribution in [0.3, 0.4) is 0 Å². The van der Waals surface area contributed by atoms with Crippen LogP contribution in [0.5, 0.6) is 0 Å². The van der Waals surface area contributed by atoms with E-state index in [-0.39, 0.29) is 11.7 Å². The molecule has 18 heavy (non-hydrogen) atoms. The summed E-state index contributed by atoms with van der Waals surface area (Å²) in [5.74, 6) is -0.317. The minimum absolute atomic E-state index is 0.0508. The Hall–Kier alpha value is -1.69. The van der Waals surface area contributed by atoms with Gasteiger partial charge in [0.25, 0.3) is 0 Å². The van der Waals surface area contributed by atoms with Crippen molar-refractivity contribution >= 4 is 29.2 Å². The summed E-state index contributed by atoms with van der Waals surface area (Å²) in [6.07, 6.45) is 0.341. The highest BCUT2D eigenvalue weighted by atomic mass is 32.1. The number of aromatic nitrogens is 2. The molecule has 0 spiro atoms. The first-order valence-corrected chi connectivity index (χ1v) is 6.03. The smallest absolute Gasteiger partial charge is 0.221 e. The molecule has 2 N–H and O–H groups in total. The van der Waals surface area contributed by atoms with Crippen molar-refractivity contribution in [2.75, 3.05) is 7.05 Å². The number of aryl methyl sites for hydroxylation is 2. The lowest BCUT2D eigenvalue weighted by atomic mass is 10.2. The van der Waals surface area contributed by atoms with Crippen LogP contribution in [-0.2, 0) is 11.3 Å². The minimum atomic E-state index is -0.266. The van der Waals surface area contributed by atoms with Crippen molar-refractivity contribution in [3.05, 3.63) is 28.3 Å². The van der Waals surface area contributed by atoms with Gasteiger partial charge in [-0.1, -0.05) is 0 Å². The van der Waals surface area contributed by atoms with Crippen LogP contribution in [0, 0.1) is 17.5 Å². The van der Waals surface area contributed by atoms with Crippen LogP contribution < -0.4 is 5.32 Å². The Morgan fingerprint density at radius 3 is 2.94 bits per heavy atom. The molecule has 0 aliphatic rings. The number of carbonyl (C=O) groups is 1. The zero-order valence-corrected chi connectivity index (χ0v) is 11.0. The lowest BCUT2D eigenvalue weighted by Gasteiger charge is -2.04. The molecule has 0 saturated heterocycles. The molecule has 6 heteroatoms. The fraction of sp³-hybridized carbons (Fsp3) is 0.333. The van der Waals surface area contributed by atoms with Crippen molar-refractivity contribution < 1.29 is 9.18 Å². The topological polar surface area (TPSA) is 49.8 Å². The third kappa shape index (κ3) is 2.28. The van der Waals surface area contributed by atoms with Crippen molar-refractivity contribution in [3.63, 3.8) is 0 Å². The van der Waals surface area contributed by atoms with Crippen LogP contribution in [0.15, 0.2) is 12.1 Å². The number of benzene rings is 1. The fourth-order valence-electron chi connectivity index (χ4n) is 1.84. The van der Waals surface area contributed by atoms with Gasteiger partial charge in [-0.25, -0.2) is 4.39 Å². The molecule has 0 radical (unpaired) electrons. The zero-order chi connectivity index (χ0) is 13.3. The van der Waals surface area contributed by atoms with Gasteiger partial charge in [0, 0.05) is 20.0 Å². The van der Waals surface area contributed by atoms with Crippen molar-refractivity contribution in [1.82, 2.24) is 14.9 Å². The number of halogens is 1. The van der Waals surface area contributed by atoms with Crippen molar-refractivity contribution in [3.8, 4) is 0 Å². The predicted octanol–water partition coefficient (Wildman–Crippen LogP) is 2.28. The monoisotopic (exact) mass is 267 g/mol. The molecule has 0 saturated carbocycles. The molecule has 0 fully saturated rings. The standard InChI is InChI=1S/C12H14FN3OS/c1-7-5-10-9(6-8(7)13)15-12(18)16(10)4-3-11(17)14-2/h5-6H,3-4H2,1-2H3,(H,14,17)(H,15,18). The fourth-order valence-corrected chi connectivity index (χ4v) is 2.14. The number of amides is 1. The quantitative estimate of drug-likeness (QED) is 0.838. The van der Waals surface area contributed by atoms with Gasteiger partial charge in [0.1, 0.15) is 5.82 Å². The summed E-state index contributed by atoms with van der Waals surface area (Å²) >= 11 is 5.18. The van der Waals surface area contributed by atoms with E-state index in [0.29, 0.717) is 28.8 Å². The van der Waals surface area contributed by atoms with E-state index < -0.39 is 0 Å². The van der Waals surface area contributed by atoms with Crippen LogP contribution in [-0.4, -0.2) is 22.5 Å². The Labute approximate surface area is 109 Å². The number of imidazole rings is 1. The van der Waals surface area contributed by atoms with Gasteiger partial charge in [0.15, 0.2) is 4.77 Å². The number of hydrogen-bond donors (Lipinski definition) is 2. The van der Waals surface area contributed by atoms with Crippen molar-refractivity contribution in [2.45, 2.75) is 19.9 Å². The summed E-state index contributed by atoms with van der Waals surface area (Å²) < 4.78 is 15.7. The van der Waals surface area contributed by atoms with Gasteiger partial charge in [0.05, 0.1) is 11.0 Å². The van der Waals surface area contributed by atoms with Gasteiger partial charge in [0.2, 0.25) is 5.91 Å². The van der Waals surface area contributed by atoms with Gasteiger partial charge >= 0.3 is 0 Å². The molecule has 1 amide bonds. The molecule has 0 unspecified atom stereocenters. The number of nitrogens with one attached hydrogen (secondary N) is 2. The number of carbonyl (C=O) groups excluding carboxylic acids is 1. The average molecular weight is 267 g/mol.